The van der Waals surface area contributed by atoms with Crippen molar-refractivity contribution in [3.8, 4) is 5.75 Å². The molecule has 0 spiro atoms. The first kappa shape index (κ1) is 19.3. The van der Waals surface area contributed by atoms with Crippen molar-refractivity contribution >= 4 is 12.6 Å². The molecule has 24 heavy (non-hydrogen) atoms. The maximum atomic E-state index is 6.12. The Morgan fingerprint density at radius 3 is 2.12 bits per heavy atom. The Labute approximate surface area is 148 Å². The summed E-state index contributed by atoms with van der Waals surface area (Å²) in [5.41, 5.74) is 1.55. The van der Waals surface area contributed by atoms with Gasteiger partial charge in [-0.3, -0.25) is 0 Å². The predicted octanol–water partition coefficient (Wildman–Crippen LogP) is 4.36. The van der Waals surface area contributed by atoms with E-state index < -0.39 is 0 Å². The van der Waals surface area contributed by atoms with Gasteiger partial charge in [-0.15, -0.1) is 0 Å². The minimum atomic E-state index is -0.317. The molecular formula is C20H33BO3. The summed E-state index contributed by atoms with van der Waals surface area (Å²) < 4.78 is 18.3. The Bertz CT molecular complexity index is 550. The highest BCUT2D eigenvalue weighted by molar-refractivity contribution is 6.62. The van der Waals surface area contributed by atoms with E-state index in [1.807, 2.05) is 6.07 Å². The van der Waals surface area contributed by atoms with Crippen LogP contribution in [0.4, 0.5) is 0 Å². The number of hydrogen-bond donors (Lipinski definition) is 0. The molecule has 0 saturated carbocycles. The van der Waals surface area contributed by atoms with Gasteiger partial charge in [0.15, 0.2) is 0 Å². The summed E-state index contributed by atoms with van der Waals surface area (Å²) in [6, 6.07) is 6.21. The number of hydrogen-bond acceptors (Lipinski definition) is 3. The van der Waals surface area contributed by atoms with E-state index in [0.29, 0.717) is 11.8 Å². The van der Waals surface area contributed by atoms with Crippen LogP contribution in [-0.4, -0.2) is 24.9 Å². The monoisotopic (exact) mass is 332 g/mol. The quantitative estimate of drug-likeness (QED) is 0.725. The van der Waals surface area contributed by atoms with Crippen LogP contribution in [0.25, 0.3) is 0 Å². The summed E-state index contributed by atoms with van der Waals surface area (Å²) in [5.74, 6) is 2.22. The van der Waals surface area contributed by atoms with Crippen molar-refractivity contribution in [2.24, 2.45) is 11.8 Å². The zero-order chi connectivity index (χ0) is 18.1. The molecular weight excluding hydrogens is 299 g/mol. The molecule has 1 aromatic carbocycles. The summed E-state index contributed by atoms with van der Waals surface area (Å²) in [6.45, 7) is 17.9. The molecule has 134 valence electrons. The minimum Gasteiger partial charge on any atom is -0.493 e. The topological polar surface area (TPSA) is 27.7 Å². The summed E-state index contributed by atoms with van der Waals surface area (Å²) in [7, 11) is -0.317. The highest BCUT2D eigenvalue weighted by Crippen LogP contribution is 2.36. The second-order valence-corrected chi connectivity index (χ2v) is 8.66. The molecule has 0 bridgehead atoms. The predicted molar refractivity (Wildman–Crippen MR) is 101 cm³/mol. The highest BCUT2D eigenvalue weighted by Gasteiger charge is 2.51. The van der Waals surface area contributed by atoms with Gasteiger partial charge in [0.25, 0.3) is 0 Å². The Morgan fingerprint density at radius 1 is 1.04 bits per heavy atom. The Hall–Kier alpha value is -0.995. The van der Waals surface area contributed by atoms with Gasteiger partial charge in [0, 0.05) is 0 Å². The fraction of sp³-hybridized carbons (Fsp3) is 0.700. The lowest BCUT2D eigenvalue weighted by Crippen LogP contribution is -2.41. The second-order valence-electron chi connectivity index (χ2n) is 8.66. The van der Waals surface area contributed by atoms with Crippen LogP contribution in [-0.2, 0) is 9.31 Å². The van der Waals surface area contributed by atoms with Crippen molar-refractivity contribution < 1.29 is 14.0 Å². The second kappa shape index (κ2) is 7.09. The average molecular weight is 332 g/mol. The van der Waals surface area contributed by atoms with Gasteiger partial charge in [0.1, 0.15) is 5.75 Å². The van der Waals surface area contributed by atoms with Crippen LogP contribution in [0, 0.1) is 18.8 Å². The zero-order valence-corrected chi connectivity index (χ0v) is 16.6. The molecule has 1 aliphatic heterocycles. The van der Waals surface area contributed by atoms with Gasteiger partial charge in [0.05, 0.1) is 17.8 Å². The van der Waals surface area contributed by atoms with Crippen molar-refractivity contribution in [3.63, 3.8) is 0 Å². The Balaban J connectivity index is 2.03. The molecule has 1 aromatic rings. The van der Waals surface area contributed by atoms with Gasteiger partial charge in [0.2, 0.25) is 0 Å². The van der Waals surface area contributed by atoms with Crippen LogP contribution in [0.1, 0.15) is 60.5 Å². The molecule has 1 aliphatic rings. The molecule has 1 atom stereocenters. The van der Waals surface area contributed by atoms with Crippen LogP contribution in [0.2, 0.25) is 0 Å². The molecule has 1 saturated heterocycles. The lowest BCUT2D eigenvalue weighted by Gasteiger charge is -2.32. The van der Waals surface area contributed by atoms with Crippen LogP contribution >= 0.6 is 0 Å². The molecule has 0 aliphatic carbocycles. The Kier molecular flexibility index (Phi) is 5.71. The van der Waals surface area contributed by atoms with Gasteiger partial charge in [-0.1, -0.05) is 32.9 Å². The summed E-state index contributed by atoms with van der Waals surface area (Å²) >= 11 is 0. The minimum absolute atomic E-state index is 0.312. The summed E-state index contributed by atoms with van der Waals surface area (Å²) in [6.07, 6.45) is 1.19. The lowest BCUT2D eigenvalue weighted by molar-refractivity contribution is 0.00578. The van der Waals surface area contributed by atoms with Crippen LogP contribution in [0.5, 0.6) is 5.75 Å². The van der Waals surface area contributed by atoms with Gasteiger partial charge >= 0.3 is 7.12 Å². The van der Waals surface area contributed by atoms with E-state index in [9.17, 15) is 0 Å². The van der Waals surface area contributed by atoms with Crippen molar-refractivity contribution in [2.75, 3.05) is 6.61 Å². The van der Waals surface area contributed by atoms with Crippen LogP contribution in [0.3, 0.4) is 0 Å². The lowest BCUT2D eigenvalue weighted by atomic mass is 9.78. The molecule has 1 heterocycles. The van der Waals surface area contributed by atoms with Gasteiger partial charge in [-0.25, -0.2) is 0 Å². The summed E-state index contributed by atoms with van der Waals surface area (Å²) in [4.78, 5) is 0. The average Bonchev–Trinajstić information content (AvgIpc) is 2.65. The third-order valence-electron chi connectivity index (χ3n) is 5.12. The van der Waals surface area contributed by atoms with E-state index in [-0.39, 0.29) is 18.3 Å². The molecule has 1 fully saturated rings. The number of benzene rings is 1. The SMILES string of the molecule is Cc1cc(B2OC(C)(C)C(C)(C)O2)ccc1OCC(C)CC(C)C. The third-order valence-corrected chi connectivity index (χ3v) is 5.12. The van der Waals surface area contributed by atoms with Crippen LogP contribution in [0.15, 0.2) is 18.2 Å². The van der Waals surface area contributed by atoms with Crippen molar-refractivity contribution in [1.82, 2.24) is 0 Å². The van der Waals surface area contributed by atoms with Gasteiger partial charge in [-0.2, -0.15) is 0 Å². The molecule has 1 unspecified atom stereocenters. The first-order valence-electron chi connectivity index (χ1n) is 9.11. The van der Waals surface area contributed by atoms with Crippen molar-refractivity contribution in [2.45, 2.75) is 73.0 Å². The molecule has 3 nitrogen and oxygen atoms in total. The van der Waals surface area contributed by atoms with Crippen molar-refractivity contribution in [1.29, 1.82) is 0 Å². The maximum Gasteiger partial charge on any atom is 0.494 e. The van der Waals surface area contributed by atoms with E-state index in [1.54, 1.807) is 0 Å². The largest absolute Gasteiger partial charge is 0.494 e. The molecule has 0 N–H and O–H groups in total. The van der Waals surface area contributed by atoms with Gasteiger partial charge in [-0.05, 0) is 70.0 Å². The van der Waals surface area contributed by atoms with E-state index >= 15 is 0 Å². The normalized spacial score (nSPS) is 20.5. The smallest absolute Gasteiger partial charge is 0.493 e. The number of rotatable bonds is 6. The molecule has 0 amide bonds. The van der Waals surface area contributed by atoms with E-state index in [0.717, 1.165) is 23.4 Å². The molecule has 4 heteroatoms. The zero-order valence-electron chi connectivity index (χ0n) is 16.6. The molecule has 2 rings (SSSR count). The fourth-order valence-electron chi connectivity index (χ4n) is 3.07. The van der Waals surface area contributed by atoms with Crippen LogP contribution < -0.4 is 10.2 Å². The first-order valence-corrected chi connectivity index (χ1v) is 9.11. The van der Waals surface area contributed by atoms with Gasteiger partial charge < -0.3 is 14.0 Å². The molecule has 0 aromatic heterocycles. The fourth-order valence-corrected chi connectivity index (χ4v) is 3.07. The summed E-state index contributed by atoms with van der Waals surface area (Å²) in [5, 5.41) is 0. The third kappa shape index (κ3) is 4.34. The Morgan fingerprint density at radius 2 is 1.62 bits per heavy atom. The van der Waals surface area contributed by atoms with E-state index in [4.69, 9.17) is 14.0 Å². The van der Waals surface area contributed by atoms with E-state index in [1.165, 1.54) is 6.42 Å². The number of aryl methyl sites for hydroxylation is 1. The highest BCUT2D eigenvalue weighted by atomic mass is 16.7. The maximum absolute atomic E-state index is 6.12. The standard InChI is InChI=1S/C20H33BO3/c1-14(2)11-15(3)13-22-18-10-9-17(12-16(18)4)21-23-19(5,6)20(7,8)24-21/h9-10,12,14-15H,11,13H2,1-8H3. The van der Waals surface area contributed by atoms with E-state index in [2.05, 4.69) is 67.5 Å². The molecule has 0 radical (unpaired) electrons. The first-order chi connectivity index (χ1) is 11.0. The number of ether oxygens (including phenoxy) is 1. The van der Waals surface area contributed by atoms with Crippen molar-refractivity contribution in [3.05, 3.63) is 23.8 Å².